The number of rotatable bonds is 10. The molecule has 0 fully saturated rings. The Kier molecular flexibility index (Phi) is 9.58. The largest absolute Gasteiger partial charge is 0.744 e. The standard InChI is InChI=1S/C24H25NO10S2.H2O/c1-4-5-10-25-18(15-6-8-20(34-2)22(13-15)36(28,29)30)11-17(24(26)27)12-19(25)16-7-9-21(35-3)23(14-16)37(31,32)33;/h6-9,11-14H,4-5,10H2,1-3H3,(H2-,26,27,28,29,30,31,32,33);1H2. The zero-order valence-electron chi connectivity index (χ0n) is 20.7. The molecule has 0 saturated heterocycles. The Balaban J connectivity index is 0.00000507. The lowest BCUT2D eigenvalue weighted by atomic mass is 10.0. The predicted molar refractivity (Wildman–Crippen MR) is 134 cm³/mol. The summed E-state index contributed by atoms with van der Waals surface area (Å²) in [7, 11) is -7.17. The molecule has 3 rings (SSSR count). The van der Waals surface area contributed by atoms with E-state index in [1.54, 1.807) is 4.57 Å². The molecular formula is C24H27NO11S2. The smallest absolute Gasteiger partial charge is 0.336 e. The van der Waals surface area contributed by atoms with Crippen LogP contribution in [-0.2, 0) is 26.8 Å². The first kappa shape index (κ1) is 30.7. The predicted octanol–water partition coefficient (Wildman–Crippen LogP) is 2.15. The van der Waals surface area contributed by atoms with Crippen LogP contribution in [0, 0.1) is 0 Å². The summed E-state index contributed by atoms with van der Waals surface area (Å²) in [5.74, 6) is -1.57. The average Bonchev–Trinajstić information content (AvgIpc) is 2.85. The maximum Gasteiger partial charge on any atom is 0.336 e. The van der Waals surface area contributed by atoms with Crippen molar-refractivity contribution in [2.45, 2.75) is 36.1 Å². The van der Waals surface area contributed by atoms with Gasteiger partial charge in [-0.2, -0.15) is 13.0 Å². The number of carboxylic acids is 1. The number of aromatic nitrogens is 1. The van der Waals surface area contributed by atoms with Crippen molar-refractivity contribution in [2.24, 2.45) is 0 Å². The normalized spacial score (nSPS) is 11.5. The van der Waals surface area contributed by atoms with Crippen molar-refractivity contribution in [3.63, 3.8) is 0 Å². The number of hydrogen-bond acceptors (Lipinski definition) is 8. The molecule has 0 unspecified atom stereocenters. The van der Waals surface area contributed by atoms with Crippen LogP contribution in [0.4, 0.5) is 0 Å². The van der Waals surface area contributed by atoms with Crippen LogP contribution in [0.5, 0.6) is 11.5 Å². The van der Waals surface area contributed by atoms with Crippen molar-refractivity contribution in [1.82, 2.24) is 0 Å². The van der Waals surface area contributed by atoms with Crippen molar-refractivity contribution in [2.75, 3.05) is 14.2 Å². The van der Waals surface area contributed by atoms with Crippen molar-refractivity contribution in [3.05, 3.63) is 54.1 Å². The topological polar surface area (TPSA) is 203 Å². The summed E-state index contributed by atoms with van der Waals surface area (Å²) in [6, 6.07) is 10.5. The number of benzene rings is 2. The Morgan fingerprint density at radius 3 is 1.76 bits per heavy atom. The van der Waals surface area contributed by atoms with E-state index in [1.807, 2.05) is 6.92 Å². The Bertz CT molecular complexity index is 1460. The number of nitrogens with zero attached hydrogens (tertiary/aromatic N) is 1. The lowest BCUT2D eigenvalue weighted by molar-refractivity contribution is -0.676. The van der Waals surface area contributed by atoms with Gasteiger partial charge in [0.1, 0.15) is 33.1 Å². The van der Waals surface area contributed by atoms with E-state index in [-0.39, 0.29) is 45.1 Å². The minimum absolute atomic E-state index is 0. The zero-order chi connectivity index (χ0) is 27.5. The van der Waals surface area contributed by atoms with Crippen LogP contribution in [0.1, 0.15) is 30.1 Å². The van der Waals surface area contributed by atoms with Crippen molar-refractivity contribution in [1.29, 1.82) is 0 Å². The molecule has 0 radical (unpaired) electrons. The van der Waals surface area contributed by atoms with Gasteiger partial charge in [-0.3, -0.25) is 4.55 Å². The van der Waals surface area contributed by atoms with Gasteiger partial charge in [-0.15, -0.1) is 0 Å². The highest BCUT2D eigenvalue weighted by molar-refractivity contribution is 7.86. The highest BCUT2D eigenvalue weighted by Crippen LogP contribution is 2.33. The van der Waals surface area contributed by atoms with E-state index in [0.717, 1.165) is 18.6 Å². The minimum atomic E-state index is -4.93. The Hall–Kier alpha value is -3.56. The van der Waals surface area contributed by atoms with E-state index < -0.39 is 36.0 Å². The zero-order valence-corrected chi connectivity index (χ0v) is 22.3. The molecule has 1 heterocycles. The number of ether oxygens (including phenoxy) is 2. The monoisotopic (exact) mass is 569 g/mol. The van der Waals surface area contributed by atoms with Crippen LogP contribution >= 0.6 is 0 Å². The lowest BCUT2D eigenvalue weighted by Crippen LogP contribution is -2.39. The van der Waals surface area contributed by atoms with Crippen LogP contribution in [0.15, 0.2) is 58.3 Å². The second kappa shape index (κ2) is 11.9. The molecule has 0 amide bonds. The fourth-order valence-electron chi connectivity index (χ4n) is 3.85. The van der Waals surface area contributed by atoms with Crippen LogP contribution < -0.4 is 14.0 Å². The number of hydrogen-bond donors (Lipinski definition) is 2. The number of carbonyl (C=O) groups is 1. The second-order valence-electron chi connectivity index (χ2n) is 7.99. The van der Waals surface area contributed by atoms with E-state index in [2.05, 4.69) is 0 Å². The van der Waals surface area contributed by atoms with Crippen LogP contribution in [0.2, 0.25) is 0 Å². The number of methoxy groups -OCH3 is 2. The molecule has 38 heavy (non-hydrogen) atoms. The summed E-state index contributed by atoms with van der Waals surface area (Å²) in [4.78, 5) is 10.9. The Morgan fingerprint density at radius 2 is 1.37 bits per heavy atom. The Morgan fingerprint density at radius 1 is 0.895 bits per heavy atom. The van der Waals surface area contributed by atoms with E-state index in [0.29, 0.717) is 13.0 Å². The van der Waals surface area contributed by atoms with Gasteiger partial charge in [0.2, 0.25) is 11.4 Å². The molecule has 0 spiro atoms. The molecule has 0 bridgehead atoms. The summed E-state index contributed by atoms with van der Waals surface area (Å²) in [6.45, 7) is 2.27. The molecule has 4 N–H and O–H groups in total. The minimum Gasteiger partial charge on any atom is -0.744 e. The molecule has 0 aliphatic rings. The third kappa shape index (κ3) is 6.46. The van der Waals surface area contributed by atoms with Crippen molar-refractivity contribution < 1.29 is 55.4 Å². The third-order valence-electron chi connectivity index (χ3n) is 5.61. The lowest BCUT2D eigenvalue weighted by Gasteiger charge is -2.15. The summed E-state index contributed by atoms with van der Waals surface area (Å²) < 4.78 is 81.1. The van der Waals surface area contributed by atoms with Gasteiger partial charge in [-0.05, 0) is 36.4 Å². The van der Waals surface area contributed by atoms with E-state index in [1.165, 1.54) is 50.6 Å². The Labute approximate surface area is 219 Å². The van der Waals surface area contributed by atoms with Gasteiger partial charge >= 0.3 is 5.97 Å². The van der Waals surface area contributed by atoms with Gasteiger partial charge in [0, 0.05) is 29.7 Å². The highest BCUT2D eigenvalue weighted by Gasteiger charge is 2.27. The third-order valence-corrected chi connectivity index (χ3v) is 7.35. The van der Waals surface area contributed by atoms with Gasteiger partial charge in [-0.1, -0.05) is 13.3 Å². The molecule has 206 valence electrons. The van der Waals surface area contributed by atoms with Crippen molar-refractivity contribution >= 4 is 26.2 Å². The van der Waals surface area contributed by atoms with E-state index in [4.69, 9.17) is 9.47 Å². The number of aromatic carboxylic acids is 1. The maximum absolute atomic E-state index is 12.0. The van der Waals surface area contributed by atoms with E-state index in [9.17, 15) is 35.8 Å². The first-order valence-electron chi connectivity index (χ1n) is 10.9. The van der Waals surface area contributed by atoms with Crippen LogP contribution in [0.25, 0.3) is 22.5 Å². The molecular weight excluding hydrogens is 542 g/mol. The number of carboxylic acid groups (broad SMARTS) is 1. The molecule has 12 nitrogen and oxygen atoms in total. The van der Waals surface area contributed by atoms with Crippen LogP contribution in [-0.4, -0.2) is 56.7 Å². The number of unbranched alkanes of at least 4 members (excludes halogenated alkanes) is 1. The maximum atomic E-state index is 12.0. The summed E-state index contributed by atoms with van der Waals surface area (Å²) in [6.07, 6.45) is 1.37. The molecule has 1 aromatic heterocycles. The molecule has 0 saturated carbocycles. The first-order chi connectivity index (χ1) is 17.3. The van der Waals surface area contributed by atoms with Gasteiger partial charge in [0.05, 0.1) is 24.7 Å². The van der Waals surface area contributed by atoms with Crippen molar-refractivity contribution in [3.8, 4) is 34.0 Å². The summed E-state index contributed by atoms with van der Waals surface area (Å²) in [5.41, 5.74) is 0.834. The van der Waals surface area contributed by atoms with Gasteiger partial charge in [0.15, 0.2) is 0 Å². The van der Waals surface area contributed by atoms with E-state index >= 15 is 0 Å². The fourth-order valence-corrected chi connectivity index (χ4v) is 5.20. The molecule has 3 aromatic rings. The fraction of sp³-hybridized carbons (Fsp3) is 0.250. The molecule has 2 aromatic carbocycles. The molecule has 14 heteroatoms. The van der Waals surface area contributed by atoms with Crippen LogP contribution in [0.3, 0.4) is 0 Å². The average molecular weight is 570 g/mol. The summed E-state index contributed by atoms with van der Waals surface area (Å²) >= 11 is 0. The van der Waals surface area contributed by atoms with Gasteiger partial charge in [0.25, 0.3) is 10.1 Å². The second-order valence-corrected chi connectivity index (χ2v) is 10.7. The van der Waals surface area contributed by atoms with Gasteiger partial charge in [-0.25, -0.2) is 13.2 Å². The quantitative estimate of drug-likeness (QED) is 0.269. The molecule has 0 atom stereocenters. The SMILES string of the molecule is CCCC[n+]1c(-c2ccc(OC)c(S(=O)(=O)[O-])c2)cc(C(=O)O)cc1-c1ccc(OC)c(S(=O)(=O)O)c1.O. The van der Waals surface area contributed by atoms with Gasteiger partial charge < -0.3 is 24.6 Å². The number of pyridine rings is 1. The highest BCUT2D eigenvalue weighted by atomic mass is 32.2. The summed E-state index contributed by atoms with van der Waals surface area (Å²) in [5, 5.41) is 9.80. The molecule has 0 aliphatic carbocycles. The molecule has 0 aliphatic heterocycles. The first-order valence-corrected chi connectivity index (χ1v) is 13.8.